The van der Waals surface area contributed by atoms with Crippen molar-refractivity contribution in [1.29, 1.82) is 0 Å². The van der Waals surface area contributed by atoms with Gasteiger partial charge in [-0.15, -0.1) is 17.8 Å². The summed E-state index contributed by atoms with van der Waals surface area (Å²) in [6, 6.07) is 0. The second-order valence-corrected chi connectivity index (χ2v) is 5.52. The molecule has 1 N–H and O–H groups in total. The van der Waals surface area contributed by atoms with Crippen LogP contribution in [0.15, 0.2) is 5.38 Å². The molecule has 1 fully saturated rings. The number of hydrogen-bond acceptors (Lipinski definition) is 4. The zero-order chi connectivity index (χ0) is 12.1. The third-order valence-electron chi connectivity index (χ3n) is 2.84. The molecular weight excluding hydrogens is 230 g/mol. The first-order chi connectivity index (χ1) is 8.31. The van der Waals surface area contributed by atoms with E-state index in [4.69, 9.17) is 6.42 Å². The molecule has 0 radical (unpaired) electrons. The predicted octanol–water partition coefficient (Wildman–Crippen LogP) is 1.71. The van der Waals surface area contributed by atoms with Crippen molar-refractivity contribution >= 4 is 11.3 Å². The lowest BCUT2D eigenvalue weighted by Crippen LogP contribution is -2.26. The molecule has 92 valence electrons. The van der Waals surface area contributed by atoms with Gasteiger partial charge in [0.25, 0.3) is 0 Å². The Balaban J connectivity index is 1.88. The van der Waals surface area contributed by atoms with Crippen LogP contribution >= 0.6 is 11.3 Å². The summed E-state index contributed by atoms with van der Waals surface area (Å²) < 4.78 is 0. The zero-order valence-corrected chi connectivity index (χ0v) is 11.1. The summed E-state index contributed by atoms with van der Waals surface area (Å²) in [5.74, 6) is 3.62. The van der Waals surface area contributed by atoms with Crippen LogP contribution in [0.5, 0.6) is 0 Å². The predicted molar refractivity (Wildman–Crippen MR) is 71.7 cm³/mol. The van der Waals surface area contributed by atoms with Crippen LogP contribution in [0.2, 0.25) is 0 Å². The van der Waals surface area contributed by atoms with E-state index in [-0.39, 0.29) is 0 Å². The van der Waals surface area contributed by atoms with Gasteiger partial charge in [0, 0.05) is 25.0 Å². The van der Waals surface area contributed by atoms with Gasteiger partial charge in [-0.1, -0.05) is 5.92 Å². The van der Waals surface area contributed by atoms with E-state index in [1.807, 2.05) is 7.05 Å². The summed E-state index contributed by atoms with van der Waals surface area (Å²) in [4.78, 5) is 6.92. The third-order valence-corrected chi connectivity index (χ3v) is 3.74. The van der Waals surface area contributed by atoms with E-state index < -0.39 is 0 Å². The minimum Gasteiger partial charge on any atom is -0.314 e. The number of hydrogen-bond donors (Lipinski definition) is 1. The standard InChI is InChI=1S/C13H19N3S/c1-3-6-16(8-11-4-5-11)9-12-10-17-13(15-12)7-14-2/h1,10-11,14H,4-9H2,2H3. The Bertz CT molecular complexity index is 390. The quantitative estimate of drug-likeness (QED) is 0.746. The Labute approximate surface area is 107 Å². The largest absolute Gasteiger partial charge is 0.314 e. The Morgan fingerprint density at radius 2 is 2.47 bits per heavy atom. The van der Waals surface area contributed by atoms with E-state index in [2.05, 4.69) is 26.5 Å². The van der Waals surface area contributed by atoms with Gasteiger partial charge in [0.2, 0.25) is 0 Å². The molecule has 1 saturated carbocycles. The van der Waals surface area contributed by atoms with Crippen LogP contribution < -0.4 is 5.32 Å². The monoisotopic (exact) mass is 249 g/mol. The van der Waals surface area contributed by atoms with Gasteiger partial charge in [-0.2, -0.15) is 0 Å². The first-order valence-corrected chi connectivity index (χ1v) is 6.93. The van der Waals surface area contributed by atoms with Crippen molar-refractivity contribution in [2.75, 3.05) is 20.1 Å². The van der Waals surface area contributed by atoms with Gasteiger partial charge < -0.3 is 5.32 Å². The SMILES string of the molecule is C#CCN(Cc1csc(CNC)n1)CC1CC1. The molecule has 0 unspecified atom stereocenters. The molecule has 3 nitrogen and oxygen atoms in total. The maximum Gasteiger partial charge on any atom is 0.107 e. The summed E-state index contributed by atoms with van der Waals surface area (Å²) >= 11 is 1.72. The van der Waals surface area contributed by atoms with Crippen LogP contribution in [0.1, 0.15) is 23.5 Å². The van der Waals surface area contributed by atoms with Gasteiger partial charge in [-0.25, -0.2) is 4.98 Å². The average Bonchev–Trinajstić information content (AvgIpc) is 3.00. The van der Waals surface area contributed by atoms with Gasteiger partial charge in [0.15, 0.2) is 0 Å². The lowest BCUT2D eigenvalue weighted by Gasteiger charge is -2.17. The number of nitrogens with zero attached hydrogens (tertiary/aromatic N) is 2. The fraction of sp³-hybridized carbons (Fsp3) is 0.615. The summed E-state index contributed by atoms with van der Waals surface area (Å²) in [5, 5.41) is 6.41. The molecule has 17 heavy (non-hydrogen) atoms. The highest BCUT2D eigenvalue weighted by Crippen LogP contribution is 2.30. The number of terminal acetylenes is 1. The Morgan fingerprint density at radius 1 is 1.65 bits per heavy atom. The summed E-state index contributed by atoms with van der Waals surface area (Å²) in [7, 11) is 1.94. The molecule has 0 aliphatic heterocycles. The Hall–Kier alpha value is -0.890. The van der Waals surface area contributed by atoms with Crippen molar-refractivity contribution in [3.8, 4) is 12.3 Å². The molecule has 0 atom stereocenters. The highest BCUT2D eigenvalue weighted by Gasteiger charge is 2.24. The summed E-state index contributed by atoms with van der Waals surface area (Å²) in [6.07, 6.45) is 8.14. The topological polar surface area (TPSA) is 28.2 Å². The van der Waals surface area contributed by atoms with E-state index in [9.17, 15) is 0 Å². The molecule has 4 heteroatoms. The second-order valence-electron chi connectivity index (χ2n) is 4.58. The van der Waals surface area contributed by atoms with Crippen LogP contribution in [-0.2, 0) is 13.1 Å². The van der Waals surface area contributed by atoms with E-state index in [1.165, 1.54) is 12.8 Å². The van der Waals surface area contributed by atoms with Crippen LogP contribution in [0.25, 0.3) is 0 Å². The number of nitrogens with one attached hydrogen (secondary N) is 1. The van der Waals surface area contributed by atoms with Gasteiger partial charge in [0.05, 0.1) is 12.2 Å². The van der Waals surface area contributed by atoms with Crippen molar-refractivity contribution in [2.24, 2.45) is 5.92 Å². The van der Waals surface area contributed by atoms with Crippen LogP contribution in [0.3, 0.4) is 0 Å². The van der Waals surface area contributed by atoms with E-state index in [0.29, 0.717) is 0 Å². The Kier molecular flexibility index (Phi) is 4.55. The molecule has 2 rings (SSSR count). The zero-order valence-electron chi connectivity index (χ0n) is 10.3. The normalized spacial score (nSPS) is 15.1. The molecule has 1 aromatic heterocycles. The van der Waals surface area contributed by atoms with Crippen molar-refractivity contribution in [1.82, 2.24) is 15.2 Å². The summed E-state index contributed by atoms with van der Waals surface area (Å²) in [5.41, 5.74) is 1.15. The number of thiazole rings is 1. The second kappa shape index (κ2) is 6.15. The highest BCUT2D eigenvalue weighted by atomic mass is 32.1. The fourth-order valence-electron chi connectivity index (χ4n) is 1.86. The Morgan fingerprint density at radius 3 is 3.12 bits per heavy atom. The minimum atomic E-state index is 0.732. The molecule has 0 spiro atoms. The minimum absolute atomic E-state index is 0.732. The third kappa shape index (κ3) is 4.12. The first kappa shape index (κ1) is 12.6. The maximum atomic E-state index is 5.41. The molecule has 1 aliphatic rings. The number of rotatable bonds is 7. The first-order valence-electron chi connectivity index (χ1n) is 6.05. The van der Waals surface area contributed by atoms with Crippen molar-refractivity contribution < 1.29 is 0 Å². The lowest BCUT2D eigenvalue weighted by molar-refractivity contribution is 0.283. The fourth-order valence-corrected chi connectivity index (χ4v) is 2.66. The van der Waals surface area contributed by atoms with Gasteiger partial charge in [0.1, 0.15) is 5.01 Å². The van der Waals surface area contributed by atoms with Crippen molar-refractivity contribution in [3.63, 3.8) is 0 Å². The average molecular weight is 249 g/mol. The molecule has 0 saturated heterocycles. The molecule has 0 aromatic carbocycles. The smallest absolute Gasteiger partial charge is 0.107 e. The molecular formula is C13H19N3S. The lowest BCUT2D eigenvalue weighted by atomic mass is 10.3. The van der Waals surface area contributed by atoms with Crippen LogP contribution in [0.4, 0.5) is 0 Å². The molecule has 1 aromatic rings. The molecule has 0 amide bonds. The summed E-state index contributed by atoms with van der Waals surface area (Å²) in [6.45, 7) is 3.60. The van der Waals surface area contributed by atoms with Gasteiger partial charge in [-0.3, -0.25) is 4.90 Å². The maximum absolute atomic E-state index is 5.41. The highest BCUT2D eigenvalue weighted by molar-refractivity contribution is 7.09. The van der Waals surface area contributed by atoms with Crippen molar-refractivity contribution in [2.45, 2.75) is 25.9 Å². The molecule has 1 heterocycles. The van der Waals surface area contributed by atoms with E-state index in [0.717, 1.165) is 42.8 Å². The van der Waals surface area contributed by atoms with Crippen LogP contribution in [-0.4, -0.2) is 30.0 Å². The molecule has 0 bridgehead atoms. The van der Waals surface area contributed by atoms with Gasteiger partial charge >= 0.3 is 0 Å². The van der Waals surface area contributed by atoms with Crippen molar-refractivity contribution in [3.05, 3.63) is 16.1 Å². The number of aromatic nitrogens is 1. The van der Waals surface area contributed by atoms with Gasteiger partial charge in [-0.05, 0) is 25.8 Å². The molecule has 1 aliphatic carbocycles. The van der Waals surface area contributed by atoms with Crippen LogP contribution in [0, 0.1) is 18.3 Å². The van der Waals surface area contributed by atoms with E-state index >= 15 is 0 Å². The van der Waals surface area contributed by atoms with E-state index in [1.54, 1.807) is 11.3 Å².